The summed E-state index contributed by atoms with van der Waals surface area (Å²) in [7, 11) is 3.74. The number of likely N-dealkylation sites (N-methyl/N-ethyl adjacent to an activating group) is 2. The van der Waals surface area contributed by atoms with E-state index in [-0.39, 0.29) is 18.1 Å². The number of amides is 1. The normalized spacial score (nSPS) is 13.1. The standard InChI is InChI=1S/C24H47N3O2S/c1-19(14-12-10-11-13-17-30-24(5,6)7)27(9)20(18-21(28)23(2,3)4)22(29)26-16-15-25-8/h20,25H,1,10-18H2,2-9H3,(H,26,29). The van der Waals surface area contributed by atoms with Crippen molar-refractivity contribution >= 4 is 23.5 Å². The van der Waals surface area contributed by atoms with Crippen LogP contribution in [0.4, 0.5) is 0 Å². The Bertz CT molecular complexity index is 536. The number of carbonyl (C=O) groups excluding carboxylic acids is 2. The van der Waals surface area contributed by atoms with Crippen molar-refractivity contribution in [1.82, 2.24) is 15.5 Å². The third-order valence-corrected chi connectivity index (χ3v) is 6.41. The Hall–Kier alpha value is -1.01. The first-order valence-electron chi connectivity index (χ1n) is 11.3. The lowest BCUT2D eigenvalue weighted by Gasteiger charge is -2.32. The van der Waals surface area contributed by atoms with Crippen molar-refractivity contribution in [3.05, 3.63) is 12.3 Å². The van der Waals surface area contributed by atoms with Crippen molar-refractivity contribution in [3.8, 4) is 0 Å². The van der Waals surface area contributed by atoms with Gasteiger partial charge in [-0.2, -0.15) is 11.8 Å². The fourth-order valence-corrected chi connectivity index (χ4v) is 3.84. The van der Waals surface area contributed by atoms with E-state index in [9.17, 15) is 9.59 Å². The van der Waals surface area contributed by atoms with E-state index in [1.807, 2.05) is 51.5 Å². The number of rotatable bonds is 15. The number of hydrogen-bond acceptors (Lipinski definition) is 5. The van der Waals surface area contributed by atoms with Crippen molar-refractivity contribution in [2.24, 2.45) is 5.41 Å². The molecule has 1 unspecified atom stereocenters. The molecule has 1 atom stereocenters. The third kappa shape index (κ3) is 13.3. The van der Waals surface area contributed by atoms with E-state index in [1.54, 1.807) is 0 Å². The Morgan fingerprint density at radius 1 is 1.00 bits per heavy atom. The Balaban J connectivity index is 4.64. The van der Waals surface area contributed by atoms with Gasteiger partial charge in [0.25, 0.3) is 0 Å². The monoisotopic (exact) mass is 441 g/mol. The molecule has 0 aliphatic carbocycles. The van der Waals surface area contributed by atoms with Gasteiger partial charge in [-0.05, 0) is 32.1 Å². The highest BCUT2D eigenvalue weighted by atomic mass is 32.2. The minimum Gasteiger partial charge on any atom is -0.366 e. The second kappa shape index (κ2) is 14.1. The molecule has 176 valence electrons. The van der Waals surface area contributed by atoms with Gasteiger partial charge in [-0.3, -0.25) is 9.59 Å². The number of nitrogens with one attached hydrogen (secondary N) is 2. The predicted octanol–water partition coefficient (Wildman–Crippen LogP) is 4.62. The van der Waals surface area contributed by atoms with Crippen LogP contribution in [0.5, 0.6) is 0 Å². The van der Waals surface area contributed by atoms with E-state index in [1.165, 1.54) is 18.6 Å². The number of Topliss-reactive ketones (excluding diaryl/α,β-unsaturated/α-hetero) is 1. The smallest absolute Gasteiger partial charge is 0.243 e. The molecule has 5 nitrogen and oxygen atoms in total. The fraction of sp³-hybridized carbons (Fsp3) is 0.833. The van der Waals surface area contributed by atoms with Gasteiger partial charge in [0.1, 0.15) is 11.8 Å². The second-order valence-corrected chi connectivity index (χ2v) is 12.0. The highest BCUT2D eigenvalue weighted by molar-refractivity contribution is 8.00. The number of nitrogens with zero attached hydrogens (tertiary/aromatic N) is 1. The van der Waals surface area contributed by atoms with E-state index in [2.05, 4.69) is 38.0 Å². The van der Waals surface area contributed by atoms with Crippen LogP contribution in [0, 0.1) is 5.41 Å². The summed E-state index contributed by atoms with van der Waals surface area (Å²) in [6.07, 6.45) is 5.74. The van der Waals surface area contributed by atoms with Gasteiger partial charge in [-0.25, -0.2) is 0 Å². The van der Waals surface area contributed by atoms with Gasteiger partial charge in [-0.1, -0.05) is 61.0 Å². The first-order valence-corrected chi connectivity index (χ1v) is 12.3. The van der Waals surface area contributed by atoms with E-state index < -0.39 is 11.5 Å². The summed E-state index contributed by atoms with van der Waals surface area (Å²) >= 11 is 2.02. The minimum atomic E-state index is -0.510. The first-order chi connectivity index (χ1) is 13.8. The highest BCUT2D eigenvalue weighted by Crippen LogP contribution is 2.25. The first kappa shape index (κ1) is 29.0. The van der Waals surface area contributed by atoms with Crippen molar-refractivity contribution in [3.63, 3.8) is 0 Å². The molecular formula is C24H47N3O2S. The van der Waals surface area contributed by atoms with Crippen LogP contribution in [-0.2, 0) is 9.59 Å². The molecule has 0 saturated heterocycles. The Morgan fingerprint density at radius 2 is 1.60 bits per heavy atom. The van der Waals surface area contributed by atoms with Gasteiger partial charge >= 0.3 is 0 Å². The van der Waals surface area contributed by atoms with Gasteiger partial charge < -0.3 is 15.5 Å². The van der Waals surface area contributed by atoms with Gasteiger partial charge in [0.15, 0.2) is 0 Å². The summed E-state index contributed by atoms with van der Waals surface area (Å²) in [5.74, 6) is 1.19. The van der Waals surface area contributed by atoms with Gasteiger partial charge in [-0.15, -0.1) is 0 Å². The zero-order valence-electron chi connectivity index (χ0n) is 20.8. The molecule has 2 N–H and O–H groups in total. The quantitative estimate of drug-likeness (QED) is 0.363. The Morgan fingerprint density at radius 3 is 2.13 bits per heavy atom. The van der Waals surface area contributed by atoms with Gasteiger partial charge in [0.2, 0.25) is 5.91 Å². The van der Waals surface area contributed by atoms with Crippen molar-refractivity contribution in [1.29, 1.82) is 0 Å². The number of hydrogen-bond donors (Lipinski definition) is 2. The number of ketones is 1. The van der Waals surface area contributed by atoms with Crippen LogP contribution in [0.3, 0.4) is 0 Å². The molecule has 0 aliphatic rings. The molecule has 0 aliphatic heterocycles. The predicted molar refractivity (Wildman–Crippen MR) is 132 cm³/mol. The molecule has 0 heterocycles. The highest BCUT2D eigenvalue weighted by Gasteiger charge is 2.31. The molecule has 6 heteroatoms. The van der Waals surface area contributed by atoms with E-state index in [0.717, 1.165) is 25.0 Å². The van der Waals surface area contributed by atoms with Gasteiger partial charge in [0, 0.05) is 42.4 Å². The minimum absolute atomic E-state index is 0.0901. The van der Waals surface area contributed by atoms with Crippen molar-refractivity contribution < 1.29 is 9.59 Å². The summed E-state index contributed by atoms with van der Waals surface area (Å²) in [4.78, 5) is 27.3. The third-order valence-electron chi connectivity index (χ3n) is 5.05. The molecule has 0 rings (SSSR count). The maximum absolute atomic E-state index is 12.8. The molecular weight excluding hydrogens is 394 g/mol. The molecule has 0 aromatic rings. The summed E-state index contributed by atoms with van der Waals surface area (Å²) in [5, 5.41) is 5.96. The zero-order valence-corrected chi connectivity index (χ0v) is 21.6. The van der Waals surface area contributed by atoms with Gasteiger partial charge in [0.05, 0.1) is 0 Å². The van der Waals surface area contributed by atoms with Crippen LogP contribution in [0.15, 0.2) is 12.3 Å². The van der Waals surface area contributed by atoms with Crippen LogP contribution in [0.1, 0.15) is 80.1 Å². The van der Waals surface area contributed by atoms with Crippen molar-refractivity contribution in [2.45, 2.75) is 90.9 Å². The molecule has 0 aromatic carbocycles. The summed E-state index contributed by atoms with van der Waals surface area (Å²) in [6.45, 7) is 17.9. The average Bonchev–Trinajstić information content (AvgIpc) is 2.62. The fourth-order valence-electron chi connectivity index (χ4n) is 2.88. The topological polar surface area (TPSA) is 61.4 Å². The van der Waals surface area contributed by atoms with Crippen LogP contribution in [-0.4, -0.2) is 60.3 Å². The lowest BCUT2D eigenvalue weighted by Crippen LogP contribution is -2.48. The zero-order chi connectivity index (χ0) is 23.4. The summed E-state index contributed by atoms with van der Waals surface area (Å²) in [6, 6.07) is -0.510. The number of thioether (sulfide) groups is 1. The van der Waals surface area contributed by atoms with E-state index in [4.69, 9.17) is 0 Å². The van der Waals surface area contributed by atoms with Crippen LogP contribution >= 0.6 is 11.8 Å². The lowest BCUT2D eigenvalue weighted by molar-refractivity contribution is -0.133. The molecule has 0 spiro atoms. The number of carbonyl (C=O) groups is 2. The van der Waals surface area contributed by atoms with E-state index >= 15 is 0 Å². The molecule has 0 radical (unpaired) electrons. The molecule has 1 amide bonds. The summed E-state index contributed by atoms with van der Waals surface area (Å²) < 4.78 is 0.338. The molecule has 30 heavy (non-hydrogen) atoms. The molecule has 0 fully saturated rings. The lowest BCUT2D eigenvalue weighted by atomic mass is 9.86. The van der Waals surface area contributed by atoms with Crippen LogP contribution in [0.2, 0.25) is 0 Å². The Labute approximate surface area is 190 Å². The number of allylic oxidation sites excluding steroid dienone is 1. The molecule has 0 saturated carbocycles. The summed E-state index contributed by atoms with van der Waals surface area (Å²) in [5.41, 5.74) is 0.464. The SMILES string of the molecule is C=C(CCCCCCSC(C)(C)C)N(C)C(CC(=O)C(C)(C)C)C(=O)NCCNC. The largest absolute Gasteiger partial charge is 0.366 e. The van der Waals surface area contributed by atoms with E-state index in [0.29, 0.717) is 17.8 Å². The second-order valence-electron chi connectivity index (χ2n) is 10.1. The van der Waals surface area contributed by atoms with Crippen molar-refractivity contribution in [2.75, 3.05) is 32.9 Å². The van der Waals surface area contributed by atoms with Crippen LogP contribution < -0.4 is 10.6 Å². The maximum Gasteiger partial charge on any atom is 0.243 e. The maximum atomic E-state index is 12.8. The Kier molecular flexibility index (Phi) is 13.7. The number of unbranched alkanes of at least 4 members (excludes halogenated alkanes) is 3. The molecule has 0 bridgehead atoms. The molecule has 0 aromatic heterocycles. The average molecular weight is 442 g/mol. The van der Waals surface area contributed by atoms with Crippen LogP contribution in [0.25, 0.3) is 0 Å².